The molecule has 26 heavy (non-hydrogen) atoms. The molecule has 2 saturated heterocycles. The lowest BCUT2D eigenvalue weighted by atomic mass is 9.99. The number of rotatable bonds is 5. The van der Waals surface area contributed by atoms with Crippen LogP contribution in [0.1, 0.15) is 55.4 Å². The second-order valence-electron chi connectivity index (χ2n) is 7.20. The molecule has 1 atom stereocenters. The highest BCUT2D eigenvalue weighted by Gasteiger charge is 2.31. The van der Waals surface area contributed by atoms with Gasteiger partial charge in [-0.3, -0.25) is 9.69 Å². The molecule has 2 aliphatic heterocycles. The molecule has 0 radical (unpaired) electrons. The van der Waals surface area contributed by atoms with E-state index >= 15 is 0 Å². The highest BCUT2D eigenvalue weighted by molar-refractivity contribution is 5.76. The van der Waals surface area contributed by atoms with E-state index in [1.54, 1.807) is 4.68 Å². The molecule has 0 N–H and O–H groups in total. The quantitative estimate of drug-likeness (QED) is 0.795. The van der Waals surface area contributed by atoms with E-state index in [1.807, 2.05) is 17.9 Å². The van der Waals surface area contributed by atoms with E-state index in [2.05, 4.69) is 25.6 Å². The predicted molar refractivity (Wildman–Crippen MR) is 91.9 cm³/mol. The van der Waals surface area contributed by atoms with Gasteiger partial charge < -0.3 is 9.42 Å². The molecule has 0 unspecified atom stereocenters. The van der Waals surface area contributed by atoms with Crippen molar-refractivity contribution in [2.24, 2.45) is 0 Å². The minimum Gasteiger partial charge on any atom is -0.361 e. The number of amides is 1. The summed E-state index contributed by atoms with van der Waals surface area (Å²) >= 11 is 0. The Kier molecular flexibility index (Phi) is 4.96. The van der Waals surface area contributed by atoms with Gasteiger partial charge in [-0.2, -0.15) is 0 Å². The third-order valence-corrected chi connectivity index (χ3v) is 5.27. The number of likely N-dealkylation sites (tertiary alicyclic amines) is 2. The Balaban J connectivity index is 1.46. The molecule has 2 aromatic rings. The lowest BCUT2D eigenvalue weighted by molar-refractivity contribution is -0.136. The predicted octanol–water partition coefficient (Wildman–Crippen LogP) is 1.32. The Morgan fingerprint density at radius 3 is 2.81 bits per heavy atom. The van der Waals surface area contributed by atoms with Gasteiger partial charge in [0, 0.05) is 12.6 Å². The normalized spacial score (nSPS) is 21.4. The number of piperidine rings is 1. The molecular formula is C17H25N7O2. The van der Waals surface area contributed by atoms with Crippen LogP contribution in [0, 0.1) is 6.92 Å². The highest BCUT2D eigenvalue weighted by atomic mass is 16.5. The van der Waals surface area contributed by atoms with E-state index in [-0.39, 0.29) is 18.5 Å². The zero-order chi connectivity index (χ0) is 17.9. The van der Waals surface area contributed by atoms with E-state index in [4.69, 9.17) is 4.52 Å². The standard InChI is InChI=1S/C17H25N7O2/c1-13-10-14(19-26-13)15-6-2-3-9-23(15)17(25)12-24-16(18-20-21-24)11-22-7-4-5-8-22/h10,15H,2-9,11-12H2,1H3/t15-/m0/s1. The van der Waals surface area contributed by atoms with Crippen molar-refractivity contribution in [1.29, 1.82) is 0 Å². The number of carbonyl (C=O) groups excluding carboxylic acids is 1. The number of aromatic nitrogens is 5. The summed E-state index contributed by atoms with van der Waals surface area (Å²) < 4.78 is 6.85. The van der Waals surface area contributed by atoms with Crippen LogP contribution in [-0.2, 0) is 17.9 Å². The Morgan fingerprint density at radius 2 is 2.04 bits per heavy atom. The van der Waals surface area contributed by atoms with Gasteiger partial charge in [-0.15, -0.1) is 5.10 Å². The van der Waals surface area contributed by atoms with Crippen LogP contribution < -0.4 is 0 Å². The Bertz CT molecular complexity index is 750. The van der Waals surface area contributed by atoms with Crippen LogP contribution in [0.3, 0.4) is 0 Å². The maximum atomic E-state index is 13.0. The van der Waals surface area contributed by atoms with E-state index in [1.165, 1.54) is 12.8 Å². The molecule has 9 heteroatoms. The van der Waals surface area contributed by atoms with Crippen molar-refractivity contribution >= 4 is 5.91 Å². The average Bonchev–Trinajstić information content (AvgIpc) is 3.39. The van der Waals surface area contributed by atoms with Crippen molar-refractivity contribution in [3.8, 4) is 0 Å². The number of hydrogen-bond donors (Lipinski definition) is 0. The Hall–Kier alpha value is -2.29. The first kappa shape index (κ1) is 17.1. The summed E-state index contributed by atoms with van der Waals surface area (Å²) in [5.74, 6) is 1.56. The third-order valence-electron chi connectivity index (χ3n) is 5.27. The Morgan fingerprint density at radius 1 is 1.23 bits per heavy atom. The van der Waals surface area contributed by atoms with Gasteiger partial charge in [-0.1, -0.05) is 5.16 Å². The third kappa shape index (κ3) is 3.62. The molecule has 0 bridgehead atoms. The van der Waals surface area contributed by atoms with Crippen molar-refractivity contribution in [1.82, 2.24) is 35.2 Å². The summed E-state index contributed by atoms with van der Waals surface area (Å²) in [6, 6.07) is 1.90. The van der Waals surface area contributed by atoms with Gasteiger partial charge in [0.15, 0.2) is 5.82 Å². The second-order valence-corrected chi connectivity index (χ2v) is 7.20. The molecule has 2 aromatic heterocycles. The minimum absolute atomic E-state index is 0.0211. The van der Waals surface area contributed by atoms with Crippen LogP contribution in [0.4, 0.5) is 0 Å². The topological polar surface area (TPSA) is 93.2 Å². The number of nitrogens with zero attached hydrogens (tertiary/aromatic N) is 7. The second kappa shape index (κ2) is 7.53. The molecule has 2 fully saturated rings. The van der Waals surface area contributed by atoms with Crippen LogP contribution in [-0.4, -0.2) is 60.7 Å². The van der Waals surface area contributed by atoms with Crippen LogP contribution in [0.15, 0.2) is 10.6 Å². The number of tetrazole rings is 1. The van der Waals surface area contributed by atoms with Crippen molar-refractivity contribution in [3.05, 3.63) is 23.3 Å². The SMILES string of the molecule is Cc1cc([C@@H]2CCCCN2C(=O)Cn2nnnc2CN2CCCC2)no1. The summed E-state index contributed by atoms with van der Waals surface area (Å²) in [7, 11) is 0. The zero-order valence-corrected chi connectivity index (χ0v) is 15.2. The Labute approximate surface area is 152 Å². The minimum atomic E-state index is -0.0211. The summed E-state index contributed by atoms with van der Waals surface area (Å²) in [6.45, 7) is 5.62. The van der Waals surface area contributed by atoms with Gasteiger partial charge in [-0.05, 0) is 62.5 Å². The number of carbonyl (C=O) groups is 1. The lowest BCUT2D eigenvalue weighted by Crippen LogP contribution is -2.41. The van der Waals surface area contributed by atoms with Crippen LogP contribution >= 0.6 is 0 Å². The maximum Gasteiger partial charge on any atom is 0.245 e. The van der Waals surface area contributed by atoms with Gasteiger partial charge in [0.25, 0.3) is 0 Å². The van der Waals surface area contributed by atoms with E-state index in [9.17, 15) is 4.79 Å². The molecule has 0 spiro atoms. The smallest absolute Gasteiger partial charge is 0.245 e. The summed E-state index contributed by atoms with van der Waals surface area (Å²) in [5.41, 5.74) is 0.838. The molecule has 2 aliphatic rings. The van der Waals surface area contributed by atoms with Gasteiger partial charge >= 0.3 is 0 Å². The first-order chi connectivity index (χ1) is 12.7. The summed E-state index contributed by atoms with van der Waals surface area (Å²) in [4.78, 5) is 17.2. The van der Waals surface area contributed by atoms with Crippen LogP contribution in [0.2, 0.25) is 0 Å². The fourth-order valence-electron chi connectivity index (χ4n) is 3.90. The maximum absolute atomic E-state index is 13.0. The first-order valence-electron chi connectivity index (χ1n) is 9.41. The zero-order valence-electron chi connectivity index (χ0n) is 15.2. The van der Waals surface area contributed by atoms with Crippen molar-refractivity contribution in [2.45, 2.75) is 58.2 Å². The molecule has 140 valence electrons. The van der Waals surface area contributed by atoms with Crippen LogP contribution in [0.5, 0.6) is 0 Å². The van der Waals surface area contributed by atoms with Gasteiger partial charge in [0.1, 0.15) is 18.0 Å². The van der Waals surface area contributed by atoms with Crippen molar-refractivity contribution < 1.29 is 9.32 Å². The molecule has 0 aromatic carbocycles. The summed E-state index contributed by atoms with van der Waals surface area (Å²) in [6.07, 6.45) is 5.44. The van der Waals surface area contributed by atoms with Crippen molar-refractivity contribution in [3.63, 3.8) is 0 Å². The van der Waals surface area contributed by atoms with Crippen LogP contribution in [0.25, 0.3) is 0 Å². The molecular weight excluding hydrogens is 334 g/mol. The van der Waals surface area contributed by atoms with Gasteiger partial charge in [0.2, 0.25) is 5.91 Å². The average molecular weight is 359 g/mol. The van der Waals surface area contributed by atoms with E-state index < -0.39 is 0 Å². The van der Waals surface area contributed by atoms with Gasteiger partial charge in [0.05, 0.1) is 12.6 Å². The van der Waals surface area contributed by atoms with E-state index in [0.29, 0.717) is 6.54 Å². The monoisotopic (exact) mass is 359 g/mol. The fourth-order valence-corrected chi connectivity index (χ4v) is 3.90. The highest BCUT2D eigenvalue weighted by Crippen LogP contribution is 2.30. The van der Waals surface area contributed by atoms with E-state index in [0.717, 1.165) is 56.2 Å². The first-order valence-corrected chi connectivity index (χ1v) is 9.41. The largest absolute Gasteiger partial charge is 0.361 e. The van der Waals surface area contributed by atoms with Gasteiger partial charge in [-0.25, -0.2) is 4.68 Å². The molecule has 0 aliphatic carbocycles. The summed E-state index contributed by atoms with van der Waals surface area (Å²) in [5, 5.41) is 16.1. The molecule has 9 nitrogen and oxygen atoms in total. The molecule has 1 amide bonds. The number of hydrogen-bond acceptors (Lipinski definition) is 7. The fraction of sp³-hybridized carbons (Fsp3) is 0.706. The number of aryl methyl sites for hydroxylation is 1. The lowest BCUT2D eigenvalue weighted by Gasteiger charge is -2.34. The molecule has 4 heterocycles. The molecule has 4 rings (SSSR count). The van der Waals surface area contributed by atoms with Crippen molar-refractivity contribution in [2.75, 3.05) is 19.6 Å². The molecule has 0 saturated carbocycles.